The number of aryl methyl sites for hydroxylation is 1. The number of nitrogens with one attached hydrogen (secondary N) is 1. The molecule has 2 heterocycles. The lowest BCUT2D eigenvalue weighted by atomic mass is 10.2. The van der Waals surface area contributed by atoms with Gasteiger partial charge in [0.1, 0.15) is 11.1 Å². The third kappa shape index (κ3) is 3.85. The Balaban J connectivity index is 1.50. The first-order valence-electron chi connectivity index (χ1n) is 10.5. The molecule has 4 aromatic rings. The summed E-state index contributed by atoms with van der Waals surface area (Å²) in [7, 11) is 0. The minimum atomic E-state index is -0.158. The second-order valence-electron chi connectivity index (χ2n) is 7.99. The second kappa shape index (κ2) is 8.23. The molecule has 0 aliphatic heterocycles. The number of anilines is 1. The predicted octanol–water partition coefficient (Wildman–Crippen LogP) is 5.30. The van der Waals surface area contributed by atoms with Gasteiger partial charge >= 0.3 is 0 Å². The van der Waals surface area contributed by atoms with Gasteiger partial charge in [-0.05, 0) is 49.6 Å². The number of para-hydroxylation sites is 1. The van der Waals surface area contributed by atoms with Crippen molar-refractivity contribution in [3.05, 3.63) is 64.4 Å². The van der Waals surface area contributed by atoms with Gasteiger partial charge in [0.25, 0.3) is 5.56 Å². The van der Waals surface area contributed by atoms with Crippen molar-refractivity contribution in [2.24, 2.45) is 0 Å². The number of hydrogen-bond acceptors (Lipinski definition) is 5. The van der Waals surface area contributed by atoms with Crippen LogP contribution in [0.2, 0.25) is 0 Å². The molecule has 5 rings (SSSR count). The highest BCUT2D eigenvalue weighted by Gasteiger charge is 2.25. The number of benzene rings is 2. The SMILES string of the molecule is Cc1cccc(NC(=O)CSc2nc3c(oc4ccccc43)c(=O)n2C2CCCC2)c1. The number of aromatic nitrogens is 2. The first-order valence-corrected chi connectivity index (χ1v) is 11.5. The van der Waals surface area contributed by atoms with Crippen LogP contribution in [0.3, 0.4) is 0 Å². The third-order valence-corrected chi connectivity index (χ3v) is 6.67. The maximum atomic E-state index is 13.4. The molecular weight excluding hydrogens is 410 g/mol. The minimum absolute atomic E-state index is 0.0972. The topological polar surface area (TPSA) is 77.1 Å². The molecule has 0 spiro atoms. The summed E-state index contributed by atoms with van der Waals surface area (Å²) >= 11 is 1.30. The van der Waals surface area contributed by atoms with E-state index in [-0.39, 0.29) is 23.3 Å². The van der Waals surface area contributed by atoms with Crippen LogP contribution < -0.4 is 10.9 Å². The molecule has 1 saturated carbocycles. The molecule has 6 nitrogen and oxygen atoms in total. The summed E-state index contributed by atoms with van der Waals surface area (Å²) < 4.78 is 7.62. The van der Waals surface area contributed by atoms with E-state index in [1.54, 1.807) is 4.57 Å². The van der Waals surface area contributed by atoms with Gasteiger partial charge in [0, 0.05) is 17.1 Å². The molecule has 1 fully saturated rings. The predicted molar refractivity (Wildman–Crippen MR) is 124 cm³/mol. The molecule has 158 valence electrons. The van der Waals surface area contributed by atoms with Crippen molar-refractivity contribution in [1.29, 1.82) is 0 Å². The maximum absolute atomic E-state index is 13.4. The smallest absolute Gasteiger partial charge is 0.298 e. The van der Waals surface area contributed by atoms with Crippen molar-refractivity contribution in [2.45, 2.75) is 43.8 Å². The summed E-state index contributed by atoms with van der Waals surface area (Å²) in [4.78, 5) is 30.8. The van der Waals surface area contributed by atoms with Crippen LogP contribution in [-0.4, -0.2) is 21.2 Å². The molecule has 1 aliphatic rings. The average molecular weight is 434 g/mol. The van der Waals surface area contributed by atoms with Crippen LogP contribution in [0.4, 0.5) is 5.69 Å². The van der Waals surface area contributed by atoms with Gasteiger partial charge in [-0.15, -0.1) is 0 Å². The van der Waals surface area contributed by atoms with Gasteiger partial charge in [0.2, 0.25) is 11.5 Å². The van der Waals surface area contributed by atoms with Crippen LogP contribution in [0.5, 0.6) is 0 Å². The number of thioether (sulfide) groups is 1. The van der Waals surface area contributed by atoms with Gasteiger partial charge in [0.05, 0.1) is 5.75 Å². The normalized spacial score (nSPS) is 14.5. The number of rotatable bonds is 5. The van der Waals surface area contributed by atoms with E-state index in [1.807, 2.05) is 55.5 Å². The Labute approximate surface area is 183 Å². The number of fused-ring (bicyclic) bond motifs is 3. The van der Waals surface area contributed by atoms with Crippen LogP contribution >= 0.6 is 11.8 Å². The molecule has 0 unspecified atom stereocenters. The summed E-state index contributed by atoms with van der Waals surface area (Å²) in [5.74, 6) is 0.0500. The number of hydrogen-bond donors (Lipinski definition) is 1. The molecule has 0 bridgehead atoms. The zero-order chi connectivity index (χ0) is 21.4. The minimum Gasteiger partial charge on any atom is -0.448 e. The van der Waals surface area contributed by atoms with Crippen molar-refractivity contribution in [1.82, 2.24) is 9.55 Å². The number of furan rings is 1. The Morgan fingerprint density at radius 1 is 1.19 bits per heavy atom. The van der Waals surface area contributed by atoms with E-state index >= 15 is 0 Å². The molecule has 7 heteroatoms. The first-order chi connectivity index (χ1) is 15.1. The van der Waals surface area contributed by atoms with Gasteiger partial charge in [-0.25, -0.2) is 4.98 Å². The molecule has 2 aromatic carbocycles. The Morgan fingerprint density at radius 3 is 2.81 bits per heavy atom. The van der Waals surface area contributed by atoms with Crippen molar-refractivity contribution >= 4 is 45.4 Å². The summed E-state index contributed by atoms with van der Waals surface area (Å²) in [5, 5.41) is 4.32. The summed E-state index contributed by atoms with van der Waals surface area (Å²) in [5.41, 5.74) is 3.20. The van der Waals surface area contributed by atoms with Crippen molar-refractivity contribution in [3.63, 3.8) is 0 Å². The van der Waals surface area contributed by atoms with Crippen LogP contribution in [0, 0.1) is 6.92 Å². The van der Waals surface area contributed by atoms with Gasteiger partial charge in [0.15, 0.2) is 5.16 Å². The van der Waals surface area contributed by atoms with E-state index < -0.39 is 0 Å². The lowest BCUT2D eigenvalue weighted by Crippen LogP contribution is -2.26. The highest BCUT2D eigenvalue weighted by Crippen LogP contribution is 2.34. The van der Waals surface area contributed by atoms with Crippen molar-refractivity contribution in [2.75, 3.05) is 11.1 Å². The largest absolute Gasteiger partial charge is 0.448 e. The van der Waals surface area contributed by atoms with Gasteiger partial charge in [-0.1, -0.05) is 48.9 Å². The first kappa shape index (κ1) is 19.9. The zero-order valence-electron chi connectivity index (χ0n) is 17.3. The standard InChI is InChI=1S/C24H23N3O3S/c1-15-7-6-8-16(13-15)25-20(28)14-31-24-26-21-18-11-4-5-12-19(18)30-22(21)23(29)27(24)17-9-2-3-10-17/h4-8,11-13,17H,2-3,9-10,14H2,1H3,(H,25,28). The van der Waals surface area contributed by atoms with Gasteiger partial charge < -0.3 is 9.73 Å². The average Bonchev–Trinajstić information content (AvgIpc) is 3.41. The number of nitrogens with zero attached hydrogens (tertiary/aromatic N) is 2. The summed E-state index contributed by atoms with van der Waals surface area (Å²) in [6.45, 7) is 1.99. The Hall–Kier alpha value is -3.06. The summed E-state index contributed by atoms with van der Waals surface area (Å²) in [6, 6.07) is 15.3. The van der Waals surface area contributed by atoms with Crippen molar-refractivity contribution in [3.8, 4) is 0 Å². The fourth-order valence-electron chi connectivity index (χ4n) is 4.27. The van der Waals surface area contributed by atoms with E-state index in [2.05, 4.69) is 5.32 Å². The van der Waals surface area contributed by atoms with Crippen LogP contribution in [0.1, 0.15) is 37.3 Å². The highest BCUT2D eigenvalue weighted by molar-refractivity contribution is 7.99. The van der Waals surface area contributed by atoms with Gasteiger partial charge in [-0.2, -0.15) is 0 Å². The number of carbonyl (C=O) groups excluding carboxylic acids is 1. The molecular formula is C24H23N3O3S. The quantitative estimate of drug-likeness (QED) is 0.341. The third-order valence-electron chi connectivity index (χ3n) is 5.72. The van der Waals surface area contributed by atoms with E-state index in [0.717, 1.165) is 42.3 Å². The van der Waals surface area contributed by atoms with E-state index in [1.165, 1.54) is 11.8 Å². The molecule has 31 heavy (non-hydrogen) atoms. The van der Waals surface area contributed by atoms with E-state index in [4.69, 9.17) is 9.40 Å². The molecule has 1 amide bonds. The van der Waals surface area contributed by atoms with E-state index in [9.17, 15) is 9.59 Å². The molecule has 2 aromatic heterocycles. The number of amides is 1. The van der Waals surface area contributed by atoms with Crippen LogP contribution in [-0.2, 0) is 4.79 Å². The number of carbonyl (C=O) groups is 1. The highest BCUT2D eigenvalue weighted by atomic mass is 32.2. The molecule has 1 N–H and O–H groups in total. The fourth-order valence-corrected chi connectivity index (χ4v) is 5.13. The lowest BCUT2D eigenvalue weighted by Gasteiger charge is -2.17. The van der Waals surface area contributed by atoms with Gasteiger partial charge in [-0.3, -0.25) is 14.2 Å². The van der Waals surface area contributed by atoms with E-state index in [0.29, 0.717) is 21.8 Å². The zero-order valence-corrected chi connectivity index (χ0v) is 18.1. The Morgan fingerprint density at radius 2 is 2.00 bits per heavy atom. The monoisotopic (exact) mass is 433 g/mol. The Kier molecular flexibility index (Phi) is 5.28. The Bertz CT molecular complexity index is 1340. The lowest BCUT2D eigenvalue weighted by molar-refractivity contribution is -0.113. The van der Waals surface area contributed by atoms with Crippen molar-refractivity contribution < 1.29 is 9.21 Å². The molecule has 1 aliphatic carbocycles. The summed E-state index contributed by atoms with van der Waals surface area (Å²) in [6.07, 6.45) is 4.06. The molecule has 0 saturated heterocycles. The van der Waals surface area contributed by atoms with Crippen LogP contribution in [0.25, 0.3) is 22.1 Å². The van der Waals surface area contributed by atoms with Crippen LogP contribution in [0.15, 0.2) is 62.9 Å². The maximum Gasteiger partial charge on any atom is 0.298 e. The fraction of sp³-hybridized carbons (Fsp3) is 0.292. The second-order valence-corrected chi connectivity index (χ2v) is 8.93. The molecule has 0 radical (unpaired) electrons. The molecule has 0 atom stereocenters.